The molecule has 0 unspecified atom stereocenters. The molecule has 0 atom stereocenters. The highest BCUT2D eigenvalue weighted by Crippen LogP contribution is 2.15. The van der Waals surface area contributed by atoms with Gasteiger partial charge >= 0.3 is 0 Å². The van der Waals surface area contributed by atoms with Gasteiger partial charge in [0.05, 0.1) is 11.9 Å². The van der Waals surface area contributed by atoms with E-state index in [1.54, 1.807) is 17.2 Å². The molecule has 104 valence electrons. The van der Waals surface area contributed by atoms with Crippen LogP contribution in [0.25, 0.3) is 0 Å². The number of nitrogens with zero attached hydrogens (tertiary/aromatic N) is 5. The molecule has 0 spiro atoms. The molecule has 8 heteroatoms. The van der Waals surface area contributed by atoms with Gasteiger partial charge in [-0.15, -0.1) is 6.42 Å². The summed E-state index contributed by atoms with van der Waals surface area (Å²) >= 11 is 3.25. The van der Waals surface area contributed by atoms with Crippen molar-refractivity contribution in [2.45, 2.75) is 13.0 Å². The monoisotopic (exact) mass is 336 g/mol. The summed E-state index contributed by atoms with van der Waals surface area (Å²) in [6.45, 7) is 0.748. The summed E-state index contributed by atoms with van der Waals surface area (Å²) in [4.78, 5) is 16.0. The van der Waals surface area contributed by atoms with Crippen LogP contribution in [0.4, 0.5) is 5.69 Å². The van der Waals surface area contributed by atoms with Gasteiger partial charge in [0.15, 0.2) is 5.82 Å². The molecule has 0 saturated heterocycles. The lowest BCUT2D eigenvalue weighted by molar-refractivity contribution is 0.659. The minimum Gasteiger partial charge on any atom is -0.382 e. The fourth-order valence-electron chi connectivity index (χ4n) is 1.59. The predicted octanol–water partition coefficient (Wildman–Crippen LogP) is 0.422. The molecule has 1 N–H and O–H groups in total. The number of hydrogen-bond acceptors (Lipinski definition) is 5. The van der Waals surface area contributed by atoms with Gasteiger partial charge < -0.3 is 5.32 Å². The first-order valence-electron chi connectivity index (χ1n) is 5.89. The number of nitrogens with one attached hydrogen (secondary N) is 1. The molecule has 0 aromatic carbocycles. The zero-order chi connectivity index (χ0) is 14.5. The number of aromatic nitrogens is 5. The largest absolute Gasteiger partial charge is 0.382 e. The van der Waals surface area contributed by atoms with Crippen LogP contribution < -0.4 is 10.9 Å². The van der Waals surface area contributed by atoms with E-state index in [0.29, 0.717) is 23.1 Å². The van der Waals surface area contributed by atoms with Gasteiger partial charge in [-0.25, -0.2) is 9.67 Å². The lowest BCUT2D eigenvalue weighted by Crippen LogP contribution is -2.24. The minimum absolute atomic E-state index is 0.148. The van der Waals surface area contributed by atoms with Gasteiger partial charge in [-0.1, -0.05) is 5.92 Å². The van der Waals surface area contributed by atoms with Gasteiger partial charge in [-0.2, -0.15) is 10.2 Å². The summed E-state index contributed by atoms with van der Waals surface area (Å²) in [7, 11) is 1.82. The van der Waals surface area contributed by atoms with Gasteiger partial charge in [0.1, 0.15) is 17.3 Å². The van der Waals surface area contributed by atoms with Crippen LogP contribution in [-0.2, 0) is 20.0 Å². The number of hydrogen-bond donors (Lipinski definition) is 1. The summed E-state index contributed by atoms with van der Waals surface area (Å²) in [6, 6.07) is 0. The third kappa shape index (κ3) is 3.24. The molecule has 0 aliphatic carbocycles. The first-order chi connectivity index (χ1) is 9.61. The van der Waals surface area contributed by atoms with Crippen LogP contribution in [0.2, 0.25) is 0 Å². The average molecular weight is 337 g/mol. The van der Waals surface area contributed by atoms with Crippen molar-refractivity contribution in [3.8, 4) is 12.3 Å². The molecule has 0 bridgehead atoms. The lowest BCUT2D eigenvalue weighted by atomic mass is 10.4. The van der Waals surface area contributed by atoms with Crippen molar-refractivity contribution in [2.24, 2.45) is 7.05 Å². The van der Waals surface area contributed by atoms with Gasteiger partial charge in [0.2, 0.25) is 0 Å². The number of aryl methyl sites for hydroxylation is 1. The van der Waals surface area contributed by atoms with Gasteiger partial charge in [-0.3, -0.25) is 9.48 Å². The Morgan fingerprint density at radius 1 is 1.55 bits per heavy atom. The van der Waals surface area contributed by atoms with E-state index in [2.05, 4.69) is 42.3 Å². The maximum Gasteiger partial charge on any atom is 0.284 e. The molecular weight excluding hydrogens is 324 g/mol. The first kappa shape index (κ1) is 14.3. The highest BCUT2D eigenvalue weighted by molar-refractivity contribution is 9.10. The fourth-order valence-corrected chi connectivity index (χ4v) is 2.04. The van der Waals surface area contributed by atoms with E-state index in [1.807, 2.05) is 7.05 Å². The second-order valence-corrected chi connectivity index (χ2v) is 4.84. The third-order valence-electron chi connectivity index (χ3n) is 2.54. The van der Waals surface area contributed by atoms with Crippen molar-refractivity contribution in [3.63, 3.8) is 0 Å². The maximum atomic E-state index is 11.9. The molecule has 2 aromatic heterocycles. The molecule has 2 heterocycles. The molecule has 2 aromatic rings. The van der Waals surface area contributed by atoms with Crippen molar-refractivity contribution in [1.29, 1.82) is 0 Å². The molecule has 2 rings (SSSR count). The zero-order valence-corrected chi connectivity index (χ0v) is 12.5. The summed E-state index contributed by atoms with van der Waals surface area (Å²) in [5.74, 6) is 3.12. The molecule has 20 heavy (non-hydrogen) atoms. The Balaban J connectivity index is 2.02. The number of halogens is 1. The minimum atomic E-state index is -0.260. The third-order valence-corrected chi connectivity index (χ3v) is 3.30. The second kappa shape index (κ2) is 6.34. The quantitative estimate of drug-likeness (QED) is 0.801. The number of rotatable bonds is 5. The Hall–Kier alpha value is -2.14. The zero-order valence-electron chi connectivity index (χ0n) is 10.9. The van der Waals surface area contributed by atoms with E-state index in [9.17, 15) is 4.79 Å². The summed E-state index contributed by atoms with van der Waals surface area (Å²) < 4.78 is 3.28. The van der Waals surface area contributed by atoms with Crippen LogP contribution in [0.5, 0.6) is 0 Å². The van der Waals surface area contributed by atoms with Crippen LogP contribution in [0.3, 0.4) is 0 Å². The highest BCUT2D eigenvalue weighted by Gasteiger charge is 2.08. The van der Waals surface area contributed by atoms with Gasteiger partial charge in [0.25, 0.3) is 5.56 Å². The SMILES string of the molecule is C#CCn1ncc(NCCc2ncn(C)n2)c(Br)c1=O. The standard InChI is InChI=1S/C12H13BrN6O/c1-3-6-19-12(20)11(13)9(7-16-19)14-5-4-10-15-8-18(2)17-10/h1,7-8,14H,4-6H2,2H3. The molecule has 0 aliphatic rings. The van der Waals surface area contributed by atoms with Gasteiger partial charge in [-0.05, 0) is 15.9 Å². The van der Waals surface area contributed by atoms with E-state index >= 15 is 0 Å². The predicted molar refractivity (Wildman–Crippen MR) is 78.2 cm³/mol. The Morgan fingerprint density at radius 3 is 3.00 bits per heavy atom. The van der Waals surface area contributed by atoms with Crippen molar-refractivity contribution < 1.29 is 0 Å². The number of terminal acetylenes is 1. The van der Waals surface area contributed by atoms with Crippen molar-refractivity contribution in [3.05, 3.63) is 33.2 Å². The van der Waals surface area contributed by atoms with E-state index in [4.69, 9.17) is 6.42 Å². The van der Waals surface area contributed by atoms with Crippen LogP contribution in [0, 0.1) is 12.3 Å². The maximum absolute atomic E-state index is 11.9. The summed E-state index contributed by atoms with van der Waals surface area (Å²) in [5.41, 5.74) is 0.364. The topological polar surface area (TPSA) is 77.6 Å². The molecule has 0 saturated carbocycles. The van der Waals surface area contributed by atoms with Crippen LogP contribution in [0.15, 0.2) is 21.8 Å². The average Bonchev–Trinajstić information content (AvgIpc) is 2.84. The Bertz CT molecular complexity index is 699. The van der Waals surface area contributed by atoms with Crippen molar-refractivity contribution in [2.75, 3.05) is 11.9 Å². The smallest absolute Gasteiger partial charge is 0.284 e. The number of anilines is 1. The van der Waals surface area contributed by atoms with Crippen molar-refractivity contribution >= 4 is 21.6 Å². The second-order valence-electron chi connectivity index (χ2n) is 4.05. The van der Waals surface area contributed by atoms with Crippen LogP contribution >= 0.6 is 15.9 Å². The van der Waals surface area contributed by atoms with Crippen molar-refractivity contribution in [1.82, 2.24) is 24.5 Å². The van der Waals surface area contributed by atoms with Gasteiger partial charge in [0, 0.05) is 20.0 Å². The van der Waals surface area contributed by atoms with E-state index in [1.165, 1.54) is 4.68 Å². The normalized spacial score (nSPS) is 10.2. The van der Waals surface area contributed by atoms with Crippen LogP contribution in [0.1, 0.15) is 5.82 Å². The molecule has 0 aliphatic heterocycles. The fraction of sp³-hybridized carbons (Fsp3) is 0.333. The highest BCUT2D eigenvalue weighted by atomic mass is 79.9. The van der Waals surface area contributed by atoms with E-state index < -0.39 is 0 Å². The summed E-state index contributed by atoms with van der Waals surface area (Å²) in [5, 5.41) is 11.3. The Morgan fingerprint density at radius 2 is 2.35 bits per heavy atom. The molecule has 7 nitrogen and oxygen atoms in total. The molecule has 0 radical (unpaired) electrons. The molecule has 0 fully saturated rings. The Labute approximate surface area is 124 Å². The van der Waals surface area contributed by atoms with E-state index in [-0.39, 0.29) is 12.1 Å². The molecular formula is C12H13BrN6O. The first-order valence-corrected chi connectivity index (χ1v) is 6.68. The summed E-state index contributed by atoms with van der Waals surface area (Å²) in [6.07, 6.45) is 9.03. The lowest BCUT2D eigenvalue weighted by Gasteiger charge is -2.08. The van der Waals surface area contributed by atoms with E-state index in [0.717, 1.165) is 5.82 Å². The Kier molecular flexibility index (Phi) is 4.53. The van der Waals surface area contributed by atoms with Crippen LogP contribution in [-0.4, -0.2) is 31.1 Å². The molecule has 0 amide bonds.